The molecular weight excluding hydrogens is 430 g/mol. The van der Waals surface area contributed by atoms with Crippen LogP contribution >= 0.6 is 0 Å². The van der Waals surface area contributed by atoms with Gasteiger partial charge in [-0.3, -0.25) is 24.5 Å². The topological polar surface area (TPSA) is 82.5 Å². The summed E-state index contributed by atoms with van der Waals surface area (Å²) in [7, 11) is 1.68. The first kappa shape index (κ1) is 22.2. The van der Waals surface area contributed by atoms with Gasteiger partial charge in [-0.2, -0.15) is 5.10 Å². The van der Waals surface area contributed by atoms with Crippen LogP contribution < -0.4 is 15.5 Å². The van der Waals surface area contributed by atoms with Crippen molar-refractivity contribution in [3.05, 3.63) is 23.6 Å². The number of fused-ring (bicyclic) bond motifs is 1. The molecule has 2 aromatic rings. The van der Waals surface area contributed by atoms with Gasteiger partial charge in [-0.1, -0.05) is 0 Å². The van der Waals surface area contributed by atoms with Gasteiger partial charge in [0, 0.05) is 64.0 Å². The number of alkyl halides is 1. The summed E-state index contributed by atoms with van der Waals surface area (Å²) in [5, 5.41) is 10.5. The number of carbonyl (C=O) groups excluding carboxylic acids is 2. The Bertz CT molecular complexity index is 1060. The molecule has 3 atom stereocenters. The summed E-state index contributed by atoms with van der Waals surface area (Å²) in [6, 6.07) is 3.59. The van der Waals surface area contributed by atoms with Crippen LogP contribution in [0.25, 0.3) is 10.9 Å². The van der Waals surface area contributed by atoms with Crippen molar-refractivity contribution < 1.29 is 18.4 Å². The quantitative estimate of drug-likeness (QED) is 0.670. The third-order valence-electron chi connectivity index (χ3n) is 7.27. The van der Waals surface area contributed by atoms with Crippen molar-refractivity contribution in [1.82, 2.24) is 25.3 Å². The van der Waals surface area contributed by atoms with Crippen LogP contribution in [-0.4, -0.2) is 78.5 Å². The lowest BCUT2D eigenvalue weighted by molar-refractivity contribution is -0.134. The van der Waals surface area contributed by atoms with Crippen LogP contribution in [0.15, 0.2) is 12.1 Å². The molecule has 3 aliphatic heterocycles. The molecular formula is C23H30F2N6O2. The third kappa shape index (κ3) is 4.21. The first-order valence-corrected chi connectivity index (χ1v) is 11.7. The molecule has 33 heavy (non-hydrogen) atoms. The zero-order chi connectivity index (χ0) is 23.1. The maximum atomic E-state index is 15.6. The number of halogens is 2. The van der Waals surface area contributed by atoms with E-state index in [-0.39, 0.29) is 30.0 Å². The van der Waals surface area contributed by atoms with Gasteiger partial charge in [0.25, 0.3) is 0 Å². The van der Waals surface area contributed by atoms with Gasteiger partial charge >= 0.3 is 0 Å². The largest absolute Gasteiger partial charge is 0.367 e. The summed E-state index contributed by atoms with van der Waals surface area (Å²) in [4.78, 5) is 28.1. The number of piperidine rings is 2. The van der Waals surface area contributed by atoms with Gasteiger partial charge in [0.1, 0.15) is 11.7 Å². The van der Waals surface area contributed by atoms with E-state index in [1.165, 1.54) is 4.68 Å². The summed E-state index contributed by atoms with van der Waals surface area (Å²) >= 11 is 0. The fourth-order valence-corrected chi connectivity index (χ4v) is 5.38. The molecule has 5 rings (SSSR count). The highest BCUT2D eigenvalue weighted by atomic mass is 19.1. The molecule has 0 aliphatic carbocycles. The molecule has 4 heterocycles. The van der Waals surface area contributed by atoms with Crippen LogP contribution in [0.3, 0.4) is 0 Å². The molecule has 10 heteroatoms. The predicted octanol–water partition coefficient (Wildman–Crippen LogP) is 1.30. The molecule has 0 radical (unpaired) electrons. The molecule has 0 spiro atoms. The summed E-state index contributed by atoms with van der Waals surface area (Å²) in [6.45, 7) is 4.91. The minimum absolute atomic E-state index is 0.0611. The molecule has 178 valence electrons. The van der Waals surface area contributed by atoms with Gasteiger partial charge in [0.15, 0.2) is 5.82 Å². The zero-order valence-electron chi connectivity index (χ0n) is 18.8. The number of hydrogen-bond donors (Lipinski definition) is 2. The maximum Gasteiger partial charge on any atom is 0.235 e. The Balaban J connectivity index is 1.32. The van der Waals surface area contributed by atoms with E-state index in [0.29, 0.717) is 48.3 Å². The second-order valence-corrected chi connectivity index (χ2v) is 9.36. The minimum atomic E-state index is -0.806. The number of piperazine rings is 1. The lowest BCUT2D eigenvalue weighted by Crippen LogP contribution is -2.50. The van der Waals surface area contributed by atoms with Crippen molar-refractivity contribution in [2.45, 2.75) is 31.4 Å². The highest BCUT2D eigenvalue weighted by Crippen LogP contribution is 2.35. The first-order chi connectivity index (χ1) is 15.9. The number of imide groups is 1. The van der Waals surface area contributed by atoms with Crippen molar-refractivity contribution in [1.29, 1.82) is 0 Å². The number of anilines is 1. The lowest BCUT2D eigenvalue weighted by Gasteiger charge is -2.39. The molecule has 0 saturated carbocycles. The normalized spacial score (nSPS) is 27.2. The number of hydrogen-bond acceptors (Lipinski definition) is 6. The average molecular weight is 461 g/mol. The van der Waals surface area contributed by atoms with Crippen LogP contribution in [0, 0.1) is 11.7 Å². The molecule has 1 unspecified atom stereocenters. The van der Waals surface area contributed by atoms with E-state index < -0.39 is 12.1 Å². The van der Waals surface area contributed by atoms with Gasteiger partial charge in [-0.05, 0) is 31.5 Å². The highest BCUT2D eigenvalue weighted by Gasteiger charge is 2.33. The number of nitrogens with zero attached hydrogens (tertiary/aromatic N) is 4. The number of benzene rings is 1. The Morgan fingerprint density at radius 1 is 1.15 bits per heavy atom. The molecule has 1 aromatic carbocycles. The SMILES string of the molecule is Cn1nc(C2CCC(=O)NC2=O)c2ccc(N3CCN(C[C@@H]4CCNC[C@@H]4F)CC3)c(F)c21. The van der Waals surface area contributed by atoms with Crippen LogP contribution in [0.5, 0.6) is 0 Å². The van der Waals surface area contributed by atoms with Crippen molar-refractivity contribution in [3.8, 4) is 0 Å². The monoisotopic (exact) mass is 460 g/mol. The summed E-state index contributed by atoms with van der Waals surface area (Å²) in [5.41, 5.74) is 1.39. The van der Waals surface area contributed by atoms with Gasteiger partial charge in [-0.25, -0.2) is 8.78 Å². The Kier molecular flexibility index (Phi) is 6.05. The standard InChI is InChI=1S/C23H30F2N6O2/c1-29-22-15(21(28-29)16-3-5-19(32)27-23(16)33)2-4-18(20(22)25)31-10-8-30(9-11-31)13-14-6-7-26-12-17(14)24/h2,4,14,16-17,26H,3,5-13H2,1H3,(H,27,32,33)/t14-,16?,17-/m0/s1. The Morgan fingerprint density at radius 3 is 2.67 bits per heavy atom. The van der Waals surface area contributed by atoms with Crippen LogP contribution in [-0.2, 0) is 16.6 Å². The Hall–Kier alpha value is -2.59. The number of rotatable bonds is 4. The lowest BCUT2D eigenvalue weighted by atomic mass is 9.92. The molecule has 1 aromatic heterocycles. The molecule has 2 N–H and O–H groups in total. The number of carbonyl (C=O) groups is 2. The van der Waals surface area contributed by atoms with Crippen LogP contribution in [0.4, 0.5) is 14.5 Å². The minimum Gasteiger partial charge on any atom is -0.367 e. The number of aryl methyl sites for hydroxylation is 1. The van der Waals surface area contributed by atoms with Gasteiger partial charge in [0.2, 0.25) is 11.8 Å². The van der Waals surface area contributed by atoms with E-state index >= 15 is 4.39 Å². The maximum absolute atomic E-state index is 15.6. The summed E-state index contributed by atoms with van der Waals surface area (Å²) in [5.74, 6) is -1.51. The molecule has 3 fully saturated rings. The second kappa shape index (κ2) is 8.98. The van der Waals surface area contributed by atoms with E-state index in [1.54, 1.807) is 13.1 Å². The van der Waals surface area contributed by atoms with E-state index in [4.69, 9.17) is 0 Å². The van der Waals surface area contributed by atoms with Crippen molar-refractivity contribution >= 4 is 28.4 Å². The van der Waals surface area contributed by atoms with E-state index in [0.717, 1.165) is 32.6 Å². The van der Waals surface area contributed by atoms with Crippen molar-refractivity contribution in [3.63, 3.8) is 0 Å². The van der Waals surface area contributed by atoms with E-state index in [9.17, 15) is 14.0 Å². The number of amides is 2. The molecule has 2 amide bonds. The van der Waals surface area contributed by atoms with E-state index in [2.05, 4.69) is 20.6 Å². The predicted molar refractivity (Wildman–Crippen MR) is 120 cm³/mol. The van der Waals surface area contributed by atoms with Crippen LogP contribution in [0.2, 0.25) is 0 Å². The smallest absolute Gasteiger partial charge is 0.235 e. The second-order valence-electron chi connectivity index (χ2n) is 9.36. The molecule has 3 aliphatic rings. The summed E-state index contributed by atoms with van der Waals surface area (Å²) < 4.78 is 31.3. The van der Waals surface area contributed by atoms with Crippen LogP contribution in [0.1, 0.15) is 30.9 Å². The van der Waals surface area contributed by atoms with Gasteiger partial charge in [0.05, 0.1) is 17.3 Å². The molecule has 8 nitrogen and oxygen atoms in total. The van der Waals surface area contributed by atoms with Gasteiger partial charge < -0.3 is 10.2 Å². The zero-order valence-corrected chi connectivity index (χ0v) is 18.8. The highest BCUT2D eigenvalue weighted by molar-refractivity contribution is 6.02. The first-order valence-electron chi connectivity index (χ1n) is 11.7. The Morgan fingerprint density at radius 2 is 1.94 bits per heavy atom. The molecule has 3 saturated heterocycles. The van der Waals surface area contributed by atoms with Crippen molar-refractivity contribution in [2.75, 3.05) is 50.7 Å². The number of aromatic nitrogens is 2. The van der Waals surface area contributed by atoms with Gasteiger partial charge in [-0.15, -0.1) is 0 Å². The fourth-order valence-electron chi connectivity index (χ4n) is 5.38. The average Bonchev–Trinajstić information content (AvgIpc) is 3.13. The third-order valence-corrected chi connectivity index (χ3v) is 7.27. The summed E-state index contributed by atoms with van der Waals surface area (Å²) in [6.07, 6.45) is 0.668. The Labute approximate surface area is 191 Å². The molecule has 0 bridgehead atoms. The van der Waals surface area contributed by atoms with E-state index in [1.807, 2.05) is 11.0 Å². The fraction of sp³-hybridized carbons (Fsp3) is 0.609. The number of nitrogens with one attached hydrogen (secondary N) is 2. The van der Waals surface area contributed by atoms with Crippen molar-refractivity contribution in [2.24, 2.45) is 13.0 Å².